The Balaban J connectivity index is 2.96. The third-order valence-electron chi connectivity index (χ3n) is 2.57. The van der Waals surface area contributed by atoms with Gasteiger partial charge in [0.05, 0.1) is 12.9 Å². The number of sulfone groups is 1. The number of alkyl halides is 3. The van der Waals surface area contributed by atoms with Crippen LogP contribution in [0, 0.1) is 0 Å². The van der Waals surface area contributed by atoms with Crippen molar-refractivity contribution < 1.29 is 35.9 Å². The summed E-state index contributed by atoms with van der Waals surface area (Å²) in [5, 5.41) is 1.92. The molecule has 22 heavy (non-hydrogen) atoms. The van der Waals surface area contributed by atoms with E-state index in [1.54, 1.807) is 6.07 Å². The molecule has 1 atom stereocenters. The van der Waals surface area contributed by atoms with E-state index in [1.165, 1.54) is 24.3 Å². The van der Waals surface area contributed by atoms with E-state index in [2.05, 4.69) is 4.74 Å². The maximum absolute atomic E-state index is 12.4. The number of hydrogen-bond donors (Lipinski definition) is 1. The number of hydrogen-bond acceptors (Lipinski definition) is 5. The highest BCUT2D eigenvalue weighted by molar-refractivity contribution is 7.92. The summed E-state index contributed by atoms with van der Waals surface area (Å²) in [5.41, 5.74) is -5.47. The van der Waals surface area contributed by atoms with Gasteiger partial charge in [0.25, 0.3) is 5.91 Å². The summed E-state index contributed by atoms with van der Waals surface area (Å²) in [5.74, 6) is -3.83. The third-order valence-corrected chi connectivity index (χ3v) is 4.04. The zero-order valence-corrected chi connectivity index (χ0v) is 12.1. The molecule has 1 rings (SSSR count). The molecule has 0 heterocycles. The number of esters is 1. The zero-order valence-electron chi connectivity index (χ0n) is 11.3. The van der Waals surface area contributed by atoms with Gasteiger partial charge in [-0.05, 0) is 12.1 Å². The average Bonchev–Trinajstić information content (AvgIpc) is 2.45. The molecule has 1 aromatic rings. The first kappa shape index (κ1) is 18.0. The summed E-state index contributed by atoms with van der Waals surface area (Å²) in [7, 11) is -4.73. The number of ether oxygens (including phenoxy) is 1. The second-order valence-electron chi connectivity index (χ2n) is 4.14. The van der Waals surface area contributed by atoms with E-state index in [-0.39, 0.29) is 5.56 Å². The van der Waals surface area contributed by atoms with E-state index in [0.29, 0.717) is 0 Å². The molecule has 0 fully saturated rings. The first-order chi connectivity index (χ1) is 10.1. The Labute approximate surface area is 124 Å². The maximum Gasteiger partial charge on any atom is 0.497 e. The van der Waals surface area contributed by atoms with Gasteiger partial charge in [-0.1, -0.05) is 18.2 Å². The quantitative estimate of drug-likeness (QED) is 0.805. The molecule has 0 spiro atoms. The van der Waals surface area contributed by atoms with E-state index < -0.39 is 39.0 Å². The summed E-state index contributed by atoms with van der Waals surface area (Å²) in [6.45, 7) is 0. The Hall–Kier alpha value is -2.10. The normalized spacial score (nSPS) is 13.3. The Morgan fingerprint density at radius 2 is 1.77 bits per heavy atom. The molecular weight excluding hydrogens is 327 g/mol. The Morgan fingerprint density at radius 1 is 1.23 bits per heavy atom. The number of carbonyl (C=O) groups is 2. The van der Waals surface area contributed by atoms with Crippen molar-refractivity contribution in [3.63, 3.8) is 0 Å². The molecule has 1 aromatic carbocycles. The van der Waals surface area contributed by atoms with Gasteiger partial charge in [0.2, 0.25) is 9.84 Å². The van der Waals surface area contributed by atoms with E-state index >= 15 is 0 Å². The van der Waals surface area contributed by atoms with Crippen molar-refractivity contribution in [1.82, 2.24) is 5.32 Å². The number of rotatable bonds is 5. The summed E-state index contributed by atoms with van der Waals surface area (Å²) in [6.07, 6.45) is 0. The van der Waals surface area contributed by atoms with Crippen molar-refractivity contribution in [2.75, 3.05) is 12.9 Å². The van der Waals surface area contributed by atoms with Gasteiger partial charge in [-0.3, -0.25) is 4.79 Å². The molecule has 0 aliphatic heterocycles. The second kappa shape index (κ2) is 6.77. The standard InChI is InChI=1S/C12H12F3NO5S/c1-21-11(18)9(7-22(19,20)12(13,14)15)16-10(17)8-5-3-2-4-6-8/h2-6,9H,7H2,1H3,(H,16,17)/t9-/m1/s1. The van der Waals surface area contributed by atoms with Crippen LogP contribution in [0.3, 0.4) is 0 Å². The smallest absolute Gasteiger partial charge is 0.467 e. The number of halogens is 3. The third kappa shape index (κ3) is 4.45. The number of methoxy groups -OCH3 is 1. The van der Waals surface area contributed by atoms with Crippen molar-refractivity contribution in [3.05, 3.63) is 35.9 Å². The number of carbonyl (C=O) groups excluding carboxylic acids is 2. The van der Waals surface area contributed by atoms with Crippen LogP contribution in [0.2, 0.25) is 0 Å². The van der Waals surface area contributed by atoms with Crippen LogP contribution in [0.25, 0.3) is 0 Å². The monoisotopic (exact) mass is 339 g/mol. The molecule has 0 radical (unpaired) electrons. The first-order valence-electron chi connectivity index (χ1n) is 5.81. The highest BCUT2D eigenvalue weighted by atomic mass is 32.2. The Bertz CT molecular complexity index is 642. The maximum atomic E-state index is 12.4. The van der Waals surface area contributed by atoms with Gasteiger partial charge >= 0.3 is 11.5 Å². The fourth-order valence-electron chi connectivity index (χ4n) is 1.46. The highest BCUT2D eigenvalue weighted by Gasteiger charge is 2.48. The Kier molecular flexibility index (Phi) is 5.53. The molecule has 0 aromatic heterocycles. The lowest BCUT2D eigenvalue weighted by Crippen LogP contribution is -2.48. The predicted molar refractivity (Wildman–Crippen MR) is 69.6 cm³/mol. The summed E-state index contributed by atoms with van der Waals surface area (Å²) in [4.78, 5) is 23.2. The Morgan fingerprint density at radius 3 is 2.23 bits per heavy atom. The van der Waals surface area contributed by atoms with Gasteiger partial charge in [0.1, 0.15) is 6.04 Å². The zero-order chi connectivity index (χ0) is 17.0. The molecule has 0 saturated carbocycles. The minimum Gasteiger partial charge on any atom is -0.467 e. The number of amides is 1. The van der Waals surface area contributed by atoms with Crippen LogP contribution in [0.5, 0.6) is 0 Å². The van der Waals surface area contributed by atoms with Gasteiger partial charge < -0.3 is 10.1 Å². The highest BCUT2D eigenvalue weighted by Crippen LogP contribution is 2.24. The van der Waals surface area contributed by atoms with Gasteiger partial charge in [-0.25, -0.2) is 13.2 Å². The molecule has 0 bridgehead atoms. The van der Waals surface area contributed by atoms with Crippen LogP contribution in [0.15, 0.2) is 30.3 Å². The fraction of sp³-hybridized carbons (Fsp3) is 0.333. The fourth-order valence-corrected chi connectivity index (χ4v) is 2.30. The molecule has 122 valence electrons. The van der Waals surface area contributed by atoms with Crippen LogP contribution < -0.4 is 5.32 Å². The minimum atomic E-state index is -5.60. The molecule has 0 saturated heterocycles. The lowest BCUT2D eigenvalue weighted by atomic mass is 10.2. The molecule has 6 nitrogen and oxygen atoms in total. The SMILES string of the molecule is COC(=O)[C@@H](CS(=O)(=O)C(F)(F)F)NC(=O)c1ccccc1. The van der Waals surface area contributed by atoms with Gasteiger partial charge in [0, 0.05) is 5.56 Å². The van der Waals surface area contributed by atoms with Crippen molar-refractivity contribution in [2.24, 2.45) is 0 Å². The van der Waals surface area contributed by atoms with Gasteiger partial charge in [-0.2, -0.15) is 13.2 Å². The van der Waals surface area contributed by atoms with E-state index in [1.807, 2.05) is 5.32 Å². The van der Waals surface area contributed by atoms with E-state index in [9.17, 15) is 31.2 Å². The van der Waals surface area contributed by atoms with Crippen molar-refractivity contribution in [2.45, 2.75) is 11.6 Å². The molecular formula is C12H12F3NO5S. The van der Waals surface area contributed by atoms with E-state index in [0.717, 1.165) is 7.11 Å². The van der Waals surface area contributed by atoms with Crippen LogP contribution in [-0.2, 0) is 19.4 Å². The lowest BCUT2D eigenvalue weighted by molar-refractivity contribution is -0.142. The van der Waals surface area contributed by atoms with Crippen molar-refractivity contribution in [3.8, 4) is 0 Å². The molecule has 0 aliphatic carbocycles. The number of benzene rings is 1. The first-order valence-corrected chi connectivity index (χ1v) is 7.46. The second-order valence-corrected chi connectivity index (χ2v) is 6.17. The topological polar surface area (TPSA) is 89.5 Å². The van der Waals surface area contributed by atoms with Crippen molar-refractivity contribution in [1.29, 1.82) is 0 Å². The van der Waals surface area contributed by atoms with Gasteiger partial charge in [0.15, 0.2) is 0 Å². The predicted octanol–water partition coefficient (Wildman–Crippen LogP) is 0.893. The summed E-state index contributed by atoms with van der Waals surface area (Å²) < 4.78 is 63.6. The van der Waals surface area contributed by atoms with Crippen LogP contribution in [-0.4, -0.2) is 44.7 Å². The molecule has 0 unspecified atom stereocenters. The van der Waals surface area contributed by atoms with Crippen LogP contribution >= 0.6 is 0 Å². The van der Waals surface area contributed by atoms with Crippen LogP contribution in [0.4, 0.5) is 13.2 Å². The largest absolute Gasteiger partial charge is 0.497 e. The molecule has 10 heteroatoms. The average molecular weight is 339 g/mol. The summed E-state index contributed by atoms with van der Waals surface area (Å²) >= 11 is 0. The summed E-state index contributed by atoms with van der Waals surface area (Å²) in [6, 6.07) is 5.32. The lowest BCUT2D eigenvalue weighted by Gasteiger charge is -2.17. The minimum absolute atomic E-state index is 0.0563. The number of nitrogens with one attached hydrogen (secondary N) is 1. The van der Waals surface area contributed by atoms with Crippen molar-refractivity contribution >= 4 is 21.7 Å². The molecule has 0 aliphatic rings. The molecule has 1 N–H and O–H groups in total. The van der Waals surface area contributed by atoms with Crippen LogP contribution in [0.1, 0.15) is 10.4 Å². The molecule has 1 amide bonds. The van der Waals surface area contributed by atoms with E-state index in [4.69, 9.17) is 0 Å². The van der Waals surface area contributed by atoms with Gasteiger partial charge in [-0.15, -0.1) is 0 Å².